The Morgan fingerprint density at radius 2 is 1.95 bits per heavy atom. The molecule has 1 saturated carbocycles. The van der Waals surface area contributed by atoms with Crippen molar-refractivity contribution in [3.05, 3.63) is 35.9 Å². The van der Waals surface area contributed by atoms with Crippen LogP contribution in [0.2, 0.25) is 0 Å². The van der Waals surface area contributed by atoms with E-state index in [9.17, 15) is 4.79 Å². The van der Waals surface area contributed by atoms with E-state index in [1.807, 2.05) is 30.3 Å². The lowest BCUT2D eigenvalue weighted by Crippen LogP contribution is -2.49. The van der Waals surface area contributed by atoms with E-state index < -0.39 is 0 Å². The van der Waals surface area contributed by atoms with Crippen molar-refractivity contribution < 1.29 is 9.53 Å². The lowest BCUT2D eigenvalue weighted by Gasteiger charge is -2.28. The predicted octanol–water partition coefficient (Wildman–Crippen LogP) is 2.60. The Bertz CT molecular complexity index is 386. The monoisotopic (exact) mass is 284 g/mol. The van der Waals surface area contributed by atoms with Crippen LogP contribution in [0, 0.1) is 0 Å². The standard InChI is InChI=1S/C14H20N2O2.ClH/c15-12-8-4-5-9-13(12)16-14(17)18-10-11-6-2-1-3-7-11;/h1-3,6-7,12-13H,4-5,8-10,15H2,(H,16,17);1H/t12-,13-;/m1./s1. The topological polar surface area (TPSA) is 64.3 Å². The van der Waals surface area contributed by atoms with Crippen LogP contribution >= 0.6 is 12.4 Å². The van der Waals surface area contributed by atoms with Crippen LogP contribution in [0.15, 0.2) is 30.3 Å². The van der Waals surface area contributed by atoms with Gasteiger partial charge in [0.15, 0.2) is 0 Å². The van der Waals surface area contributed by atoms with Gasteiger partial charge in [-0.15, -0.1) is 12.4 Å². The van der Waals surface area contributed by atoms with Crippen LogP contribution < -0.4 is 11.1 Å². The number of rotatable bonds is 3. The Morgan fingerprint density at radius 3 is 2.63 bits per heavy atom. The van der Waals surface area contributed by atoms with Gasteiger partial charge in [0.25, 0.3) is 0 Å². The SMILES string of the molecule is Cl.N[C@@H]1CCCC[C@H]1NC(=O)OCc1ccccc1. The summed E-state index contributed by atoms with van der Waals surface area (Å²) in [6, 6.07) is 9.76. The van der Waals surface area contributed by atoms with E-state index in [0.717, 1.165) is 31.2 Å². The summed E-state index contributed by atoms with van der Waals surface area (Å²) in [4.78, 5) is 11.6. The predicted molar refractivity (Wildman–Crippen MR) is 77.2 cm³/mol. The van der Waals surface area contributed by atoms with Gasteiger partial charge >= 0.3 is 6.09 Å². The first-order chi connectivity index (χ1) is 8.75. The van der Waals surface area contributed by atoms with E-state index in [0.29, 0.717) is 6.61 Å². The summed E-state index contributed by atoms with van der Waals surface area (Å²) in [5.41, 5.74) is 6.95. The van der Waals surface area contributed by atoms with Crippen LogP contribution in [0.1, 0.15) is 31.2 Å². The van der Waals surface area contributed by atoms with E-state index in [1.165, 1.54) is 0 Å². The van der Waals surface area contributed by atoms with Crippen LogP contribution in [0.3, 0.4) is 0 Å². The summed E-state index contributed by atoms with van der Waals surface area (Å²) in [6.07, 6.45) is 3.82. The third-order valence-corrected chi connectivity index (χ3v) is 3.34. The fourth-order valence-corrected chi connectivity index (χ4v) is 2.25. The molecule has 1 aromatic rings. The van der Waals surface area contributed by atoms with Crippen molar-refractivity contribution in [2.75, 3.05) is 0 Å². The molecular formula is C14H21ClN2O2. The number of carbonyl (C=O) groups is 1. The molecule has 0 bridgehead atoms. The number of alkyl carbamates (subject to hydrolysis) is 1. The highest BCUT2D eigenvalue weighted by Crippen LogP contribution is 2.16. The smallest absolute Gasteiger partial charge is 0.407 e. The van der Waals surface area contributed by atoms with Crippen LogP contribution in [-0.4, -0.2) is 18.2 Å². The Hall–Kier alpha value is -1.26. The number of benzene rings is 1. The first-order valence-electron chi connectivity index (χ1n) is 6.48. The molecule has 1 aliphatic rings. The number of hydrogen-bond donors (Lipinski definition) is 2. The zero-order valence-electron chi connectivity index (χ0n) is 10.9. The maximum Gasteiger partial charge on any atom is 0.407 e. The Kier molecular flexibility index (Phi) is 6.67. The molecule has 0 radical (unpaired) electrons. The van der Waals surface area contributed by atoms with Crippen molar-refractivity contribution in [1.29, 1.82) is 0 Å². The van der Waals surface area contributed by atoms with Gasteiger partial charge < -0.3 is 15.8 Å². The van der Waals surface area contributed by atoms with Crippen molar-refractivity contribution >= 4 is 18.5 Å². The molecule has 3 N–H and O–H groups in total. The van der Waals surface area contributed by atoms with Crippen LogP contribution in [-0.2, 0) is 11.3 Å². The summed E-state index contributed by atoms with van der Waals surface area (Å²) < 4.78 is 5.17. The van der Waals surface area contributed by atoms with Crippen LogP contribution in [0.4, 0.5) is 4.79 Å². The highest BCUT2D eigenvalue weighted by Gasteiger charge is 2.23. The fraction of sp³-hybridized carbons (Fsp3) is 0.500. The molecule has 19 heavy (non-hydrogen) atoms. The summed E-state index contributed by atoms with van der Waals surface area (Å²) in [7, 11) is 0. The maximum absolute atomic E-state index is 11.6. The number of carbonyl (C=O) groups excluding carboxylic acids is 1. The lowest BCUT2D eigenvalue weighted by molar-refractivity contribution is 0.131. The minimum atomic E-state index is -0.374. The highest BCUT2D eigenvalue weighted by atomic mass is 35.5. The first-order valence-corrected chi connectivity index (χ1v) is 6.48. The zero-order chi connectivity index (χ0) is 12.8. The molecule has 0 aromatic heterocycles. The van der Waals surface area contributed by atoms with Gasteiger partial charge in [-0.25, -0.2) is 4.79 Å². The van der Waals surface area contributed by atoms with Crippen molar-refractivity contribution in [2.24, 2.45) is 5.73 Å². The van der Waals surface area contributed by atoms with Gasteiger partial charge in [0.2, 0.25) is 0 Å². The van der Waals surface area contributed by atoms with Gasteiger partial charge in [0.1, 0.15) is 6.61 Å². The molecule has 0 saturated heterocycles. The highest BCUT2D eigenvalue weighted by molar-refractivity contribution is 5.85. The van der Waals surface area contributed by atoms with Gasteiger partial charge in [-0.1, -0.05) is 43.2 Å². The molecule has 0 unspecified atom stereocenters. The van der Waals surface area contributed by atoms with Gasteiger partial charge in [-0.3, -0.25) is 0 Å². The molecule has 1 amide bonds. The van der Waals surface area contributed by atoms with Crippen molar-refractivity contribution in [1.82, 2.24) is 5.32 Å². The minimum Gasteiger partial charge on any atom is -0.445 e. The molecule has 0 heterocycles. The van der Waals surface area contributed by atoms with Crippen LogP contribution in [0.25, 0.3) is 0 Å². The Labute approximate surface area is 120 Å². The second kappa shape index (κ2) is 8.02. The zero-order valence-corrected chi connectivity index (χ0v) is 11.7. The van der Waals surface area contributed by atoms with E-state index in [-0.39, 0.29) is 30.6 Å². The normalized spacial score (nSPS) is 22.2. The second-order valence-corrected chi connectivity index (χ2v) is 4.76. The second-order valence-electron chi connectivity index (χ2n) is 4.76. The van der Waals surface area contributed by atoms with E-state index in [2.05, 4.69) is 5.32 Å². The molecule has 0 spiro atoms. The largest absolute Gasteiger partial charge is 0.445 e. The number of nitrogens with two attached hydrogens (primary N) is 1. The molecule has 0 aliphatic heterocycles. The number of hydrogen-bond acceptors (Lipinski definition) is 3. The molecule has 2 rings (SSSR count). The number of nitrogens with one attached hydrogen (secondary N) is 1. The quantitative estimate of drug-likeness (QED) is 0.897. The number of halogens is 1. The molecule has 2 atom stereocenters. The van der Waals surface area contributed by atoms with Crippen molar-refractivity contribution in [2.45, 2.75) is 44.4 Å². The van der Waals surface area contributed by atoms with Gasteiger partial charge in [0, 0.05) is 12.1 Å². The average Bonchev–Trinajstić information content (AvgIpc) is 2.40. The summed E-state index contributed by atoms with van der Waals surface area (Å²) >= 11 is 0. The van der Waals surface area contributed by atoms with Crippen molar-refractivity contribution in [3.8, 4) is 0 Å². The van der Waals surface area contributed by atoms with Gasteiger partial charge in [0.05, 0.1) is 0 Å². The molecular weight excluding hydrogens is 264 g/mol. The Balaban J connectivity index is 0.00000180. The summed E-state index contributed by atoms with van der Waals surface area (Å²) in [6.45, 7) is 0.300. The lowest BCUT2D eigenvalue weighted by atomic mass is 9.91. The van der Waals surface area contributed by atoms with Crippen LogP contribution in [0.5, 0.6) is 0 Å². The molecule has 1 aromatic carbocycles. The molecule has 4 nitrogen and oxygen atoms in total. The van der Waals surface area contributed by atoms with E-state index in [1.54, 1.807) is 0 Å². The summed E-state index contributed by atoms with van der Waals surface area (Å²) in [5, 5.41) is 2.85. The fourth-order valence-electron chi connectivity index (χ4n) is 2.25. The van der Waals surface area contributed by atoms with Gasteiger partial charge in [-0.2, -0.15) is 0 Å². The van der Waals surface area contributed by atoms with Crippen molar-refractivity contribution in [3.63, 3.8) is 0 Å². The molecule has 1 aliphatic carbocycles. The van der Waals surface area contributed by atoms with E-state index >= 15 is 0 Å². The minimum absolute atomic E-state index is 0. The van der Waals surface area contributed by atoms with Gasteiger partial charge in [-0.05, 0) is 18.4 Å². The maximum atomic E-state index is 11.6. The molecule has 1 fully saturated rings. The average molecular weight is 285 g/mol. The number of amides is 1. The Morgan fingerprint density at radius 1 is 1.26 bits per heavy atom. The summed E-state index contributed by atoms with van der Waals surface area (Å²) in [5.74, 6) is 0. The third-order valence-electron chi connectivity index (χ3n) is 3.34. The number of ether oxygens (including phenoxy) is 1. The van der Waals surface area contributed by atoms with E-state index in [4.69, 9.17) is 10.5 Å². The molecule has 5 heteroatoms. The third kappa shape index (κ3) is 5.09. The first kappa shape index (κ1) is 15.8. The molecule has 106 valence electrons.